The maximum Gasteiger partial charge on any atom is 0.269 e. The number of nitrogens with zero attached hydrogens (tertiary/aromatic N) is 3. The molecule has 1 heterocycles. The van der Waals surface area contributed by atoms with Gasteiger partial charge in [-0.05, 0) is 31.2 Å². The molecule has 136 valence electrons. The van der Waals surface area contributed by atoms with E-state index in [9.17, 15) is 14.9 Å². The van der Waals surface area contributed by atoms with E-state index in [1.807, 2.05) is 30.3 Å². The molecule has 0 spiro atoms. The summed E-state index contributed by atoms with van der Waals surface area (Å²) in [6.45, 7) is 4.32. The molecule has 0 N–H and O–H groups in total. The molecule has 1 saturated heterocycles. The molecule has 1 fully saturated rings. The molecule has 3 rings (SSSR count). The van der Waals surface area contributed by atoms with E-state index in [-0.39, 0.29) is 11.6 Å². The van der Waals surface area contributed by atoms with E-state index in [2.05, 4.69) is 4.90 Å². The molecule has 1 amide bonds. The highest BCUT2D eigenvalue weighted by Crippen LogP contribution is 2.21. The fourth-order valence-electron chi connectivity index (χ4n) is 2.98. The second kappa shape index (κ2) is 7.86. The summed E-state index contributed by atoms with van der Waals surface area (Å²) in [7, 11) is 0. The Hall–Kier alpha value is -3.09. The molecule has 2 aromatic carbocycles. The minimum Gasteiger partial charge on any atom is -0.481 e. The molecular formula is C19H21N3O4. The number of carbonyl (C=O) groups excluding carboxylic acids is 1. The summed E-state index contributed by atoms with van der Waals surface area (Å²) in [4.78, 5) is 26.8. The summed E-state index contributed by atoms with van der Waals surface area (Å²) in [6.07, 6.45) is -0.539. The molecule has 1 atom stereocenters. The predicted octanol–water partition coefficient (Wildman–Crippen LogP) is 2.71. The van der Waals surface area contributed by atoms with Crippen LogP contribution < -0.4 is 9.64 Å². The number of hydrogen-bond donors (Lipinski definition) is 0. The van der Waals surface area contributed by atoms with Crippen molar-refractivity contribution in [1.29, 1.82) is 0 Å². The van der Waals surface area contributed by atoms with Crippen LogP contribution in [0.15, 0.2) is 54.6 Å². The number of ether oxygens (including phenoxy) is 1. The Labute approximate surface area is 151 Å². The monoisotopic (exact) mass is 355 g/mol. The van der Waals surface area contributed by atoms with Crippen LogP contribution in [0.2, 0.25) is 0 Å². The van der Waals surface area contributed by atoms with E-state index in [0.717, 1.165) is 5.69 Å². The Morgan fingerprint density at radius 2 is 1.65 bits per heavy atom. The number of amides is 1. The zero-order chi connectivity index (χ0) is 18.5. The average Bonchev–Trinajstić information content (AvgIpc) is 2.68. The third-order valence-electron chi connectivity index (χ3n) is 4.42. The molecule has 0 bridgehead atoms. The molecule has 0 aromatic heterocycles. The molecule has 0 aliphatic carbocycles. The highest BCUT2D eigenvalue weighted by atomic mass is 16.6. The lowest BCUT2D eigenvalue weighted by atomic mass is 10.2. The van der Waals surface area contributed by atoms with Crippen LogP contribution in [0.25, 0.3) is 0 Å². The second-order valence-electron chi connectivity index (χ2n) is 6.16. The molecule has 0 unspecified atom stereocenters. The van der Waals surface area contributed by atoms with Gasteiger partial charge in [-0.3, -0.25) is 14.9 Å². The number of anilines is 1. The summed E-state index contributed by atoms with van der Waals surface area (Å²) in [5.74, 6) is 0.648. The standard InChI is InChI=1S/C19H21N3O4/c1-15(26-18-5-3-2-4-6-18)19(23)21-13-11-20(12-14-21)16-7-9-17(10-8-16)22(24)25/h2-10,15H,11-14H2,1H3/t15-/m0/s1. The number of piperazine rings is 1. The van der Waals surface area contributed by atoms with Crippen LogP contribution in [-0.4, -0.2) is 48.0 Å². The molecule has 1 aliphatic rings. The van der Waals surface area contributed by atoms with Crippen LogP contribution in [0.5, 0.6) is 5.75 Å². The quantitative estimate of drug-likeness (QED) is 0.609. The minimum atomic E-state index is -0.539. The zero-order valence-electron chi connectivity index (χ0n) is 14.6. The molecule has 0 saturated carbocycles. The number of hydrogen-bond acceptors (Lipinski definition) is 5. The number of benzene rings is 2. The van der Waals surface area contributed by atoms with Crippen LogP contribution in [0.3, 0.4) is 0 Å². The summed E-state index contributed by atoms with van der Waals surface area (Å²) < 4.78 is 5.71. The topological polar surface area (TPSA) is 75.9 Å². The smallest absolute Gasteiger partial charge is 0.269 e. The van der Waals surface area contributed by atoms with Crippen LogP contribution in [0.4, 0.5) is 11.4 Å². The lowest BCUT2D eigenvalue weighted by Crippen LogP contribution is -2.52. The van der Waals surface area contributed by atoms with Gasteiger partial charge >= 0.3 is 0 Å². The third-order valence-corrected chi connectivity index (χ3v) is 4.42. The maximum absolute atomic E-state index is 12.6. The van der Waals surface area contributed by atoms with Crippen molar-refractivity contribution in [2.45, 2.75) is 13.0 Å². The van der Waals surface area contributed by atoms with Gasteiger partial charge in [0, 0.05) is 44.0 Å². The van der Waals surface area contributed by atoms with Crippen molar-refractivity contribution in [2.75, 3.05) is 31.1 Å². The molecular weight excluding hydrogens is 334 g/mol. The van der Waals surface area contributed by atoms with Gasteiger partial charge in [0.15, 0.2) is 6.10 Å². The fourth-order valence-corrected chi connectivity index (χ4v) is 2.98. The van der Waals surface area contributed by atoms with Gasteiger partial charge in [0.05, 0.1) is 4.92 Å². The molecule has 2 aromatic rings. The van der Waals surface area contributed by atoms with E-state index < -0.39 is 11.0 Å². The van der Waals surface area contributed by atoms with Gasteiger partial charge in [-0.2, -0.15) is 0 Å². The fraction of sp³-hybridized carbons (Fsp3) is 0.316. The SMILES string of the molecule is C[C@H](Oc1ccccc1)C(=O)N1CCN(c2ccc([N+](=O)[O-])cc2)CC1. The van der Waals surface area contributed by atoms with Crippen LogP contribution in [0.1, 0.15) is 6.92 Å². The highest BCUT2D eigenvalue weighted by Gasteiger charge is 2.26. The van der Waals surface area contributed by atoms with Gasteiger partial charge in [-0.1, -0.05) is 18.2 Å². The van der Waals surface area contributed by atoms with Gasteiger partial charge in [0.1, 0.15) is 5.75 Å². The lowest BCUT2D eigenvalue weighted by molar-refractivity contribution is -0.384. The summed E-state index contributed by atoms with van der Waals surface area (Å²) in [5, 5.41) is 10.7. The maximum atomic E-state index is 12.6. The Kier molecular flexibility index (Phi) is 5.36. The number of para-hydroxylation sites is 1. The van der Waals surface area contributed by atoms with E-state index in [1.54, 1.807) is 24.0 Å². The Morgan fingerprint density at radius 1 is 1.04 bits per heavy atom. The first-order valence-electron chi connectivity index (χ1n) is 8.54. The van der Waals surface area contributed by atoms with Crippen molar-refractivity contribution < 1.29 is 14.5 Å². The summed E-state index contributed by atoms with van der Waals surface area (Å²) >= 11 is 0. The van der Waals surface area contributed by atoms with Crippen molar-refractivity contribution in [1.82, 2.24) is 4.90 Å². The number of nitro groups is 1. The van der Waals surface area contributed by atoms with Gasteiger partial charge < -0.3 is 14.5 Å². The first-order chi connectivity index (χ1) is 12.5. The van der Waals surface area contributed by atoms with Crippen molar-refractivity contribution in [3.63, 3.8) is 0 Å². The van der Waals surface area contributed by atoms with Crippen LogP contribution in [0, 0.1) is 10.1 Å². The van der Waals surface area contributed by atoms with Crippen LogP contribution >= 0.6 is 0 Å². The number of non-ortho nitro benzene ring substituents is 1. The minimum absolute atomic E-state index is 0.0304. The molecule has 7 nitrogen and oxygen atoms in total. The number of rotatable bonds is 5. The van der Waals surface area contributed by atoms with E-state index >= 15 is 0 Å². The van der Waals surface area contributed by atoms with Crippen molar-refractivity contribution in [3.05, 3.63) is 64.7 Å². The highest BCUT2D eigenvalue weighted by molar-refractivity contribution is 5.81. The Balaban J connectivity index is 1.54. The largest absolute Gasteiger partial charge is 0.481 e. The van der Waals surface area contributed by atoms with E-state index in [4.69, 9.17) is 4.74 Å². The van der Waals surface area contributed by atoms with Gasteiger partial charge in [-0.15, -0.1) is 0 Å². The lowest BCUT2D eigenvalue weighted by Gasteiger charge is -2.37. The van der Waals surface area contributed by atoms with E-state index in [1.165, 1.54) is 12.1 Å². The van der Waals surface area contributed by atoms with Crippen molar-refractivity contribution in [2.24, 2.45) is 0 Å². The number of carbonyl (C=O) groups is 1. The first kappa shape index (κ1) is 17.7. The van der Waals surface area contributed by atoms with Gasteiger partial charge in [0.25, 0.3) is 11.6 Å². The molecule has 1 aliphatic heterocycles. The molecule has 0 radical (unpaired) electrons. The van der Waals surface area contributed by atoms with Gasteiger partial charge in [-0.25, -0.2) is 0 Å². The van der Waals surface area contributed by atoms with Crippen molar-refractivity contribution >= 4 is 17.3 Å². The zero-order valence-corrected chi connectivity index (χ0v) is 14.6. The van der Waals surface area contributed by atoms with Gasteiger partial charge in [0.2, 0.25) is 0 Å². The molecule has 26 heavy (non-hydrogen) atoms. The first-order valence-corrected chi connectivity index (χ1v) is 8.54. The van der Waals surface area contributed by atoms with Crippen LogP contribution in [-0.2, 0) is 4.79 Å². The van der Waals surface area contributed by atoms with E-state index in [0.29, 0.717) is 31.9 Å². The number of nitro benzene ring substituents is 1. The Bertz CT molecular complexity index is 756. The molecule has 7 heteroatoms. The normalized spacial score (nSPS) is 15.4. The second-order valence-corrected chi connectivity index (χ2v) is 6.16. The Morgan fingerprint density at radius 3 is 2.23 bits per heavy atom. The summed E-state index contributed by atoms with van der Waals surface area (Å²) in [5.41, 5.74) is 1.01. The van der Waals surface area contributed by atoms with Crippen molar-refractivity contribution in [3.8, 4) is 5.75 Å². The predicted molar refractivity (Wildman–Crippen MR) is 98.4 cm³/mol. The average molecular weight is 355 g/mol. The third kappa shape index (κ3) is 4.11. The summed E-state index contributed by atoms with van der Waals surface area (Å²) in [6, 6.07) is 15.8.